The highest BCUT2D eigenvalue weighted by Crippen LogP contribution is 2.20. The second-order valence-corrected chi connectivity index (χ2v) is 5.62. The Balaban J connectivity index is 1.70. The van der Waals surface area contributed by atoms with Gasteiger partial charge in [0.2, 0.25) is 0 Å². The van der Waals surface area contributed by atoms with Crippen LogP contribution in [0.4, 0.5) is 4.79 Å². The maximum absolute atomic E-state index is 11.5. The van der Waals surface area contributed by atoms with Crippen LogP contribution in [0.5, 0.6) is 5.75 Å². The van der Waals surface area contributed by atoms with Crippen LogP contribution in [0.15, 0.2) is 53.0 Å². The average molecular weight is 374 g/mol. The molecule has 0 aliphatic rings. The number of phenols is 1. The van der Waals surface area contributed by atoms with Gasteiger partial charge in [-0.15, -0.1) is 0 Å². The number of rotatable bonds is 4. The third kappa shape index (κ3) is 6.05. The fraction of sp³-hybridized carbons (Fsp3) is 0.167. The van der Waals surface area contributed by atoms with Gasteiger partial charge in [0.25, 0.3) is 0 Å². The van der Waals surface area contributed by atoms with E-state index in [1.165, 1.54) is 0 Å². The second-order valence-electron chi connectivity index (χ2n) is 4.70. The summed E-state index contributed by atoms with van der Waals surface area (Å²) in [6.45, 7) is 0.625. The molecule has 1 amide bonds. The lowest BCUT2D eigenvalue weighted by Gasteiger charge is -2.05. The number of amides is 1. The molecule has 2 N–H and O–H groups in total. The Morgan fingerprint density at radius 3 is 2.78 bits per heavy atom. The predicted molar refractivity (Wildman–Crippen MR) is 91.9 cm³/mol. The summed E-state index contributed by atoms with van der Waals surface area (Å²) in [4.78, 5) is 11.5. The Labute approximate surface area is 143 Å². The van der Waals surface area contributed by atoms with Crippen LogP contribution in [-0.4, -0.2) is 17.7 Å². The van der Waals surface area contributed by atoms with Crippen molar-refractivity contribution in [1.29, 1.82) is 0 Å². The van der Waals surface area contributed by atoms with Gasteiger partial charge in [-0.1, -0.05) is 58.1 Å². The molecule has 0 aromatic heterocycles. The molecule has 118 valence electrons. The lowest BCUT2D eigenvalue weighted by molar-refractivity contribution is 0.140. The van der Waals surface area contributed by atoms with Crippen molar-refractivity contribution in [2.45, 2.75) is 13.0 Å². The molecule has 23 heavy (non-hydrogen) atoms. The van der Waals surface area contributed by atoms with Crippen molar-refractivity contribution in [3.8, 4) is 17.6 Å². The molecule has 0 spiro atoms. The zero-order chi connectivity index (χ0) is 16.5. The number of hydrogen-bond acceptors (Lipinski definition) is 3. The SMILES string of the molecule is O=C(NCCC#Cc1cc(Br)ccc1O)OCc1ccccc1. The van der Waals surface area contributed by atoms with E-state index in [1.54, 1.807) is 18.2 Å². The highest BCUT2D eigenvalue weighted by molar-refractivity contribution is 9.10. The molecule has 2 aromatic carbocycles. The number of nitrogens with one attached hydrogen (secondary N) is 1. The van der Waals surface area contributed by atoms with Crippen LogP contribution in [0, 0.1) is 11.8 Å². The van der Waals surface area contributed by atoms with E-state index in [0.29, 0.717) is 18.5 Å². The van der Waals surface area contributed by atoms with Crippen molar-refractivity contribution in [3.05, 3.63) is 64.1 Å². The van der Waals surface area contributed by atoms with E-state index >= 15 is 0 Å². The lowest BCUT2D eigenvalue weighted by Crippen LogP contribution is -2.24. The number of ether oxygens (including phenoxy) is 1. The first-order chi connectivity index (χ1) is 11.1. The van der Waals surface area contributed by atoms with E-state index in [2.05, 4.69) is 33.1 Å². The predicted octanol–water partition coefficient (Wildman–Crippen LogP) is 3.82. The normalized spacial score (nSPS) is 9.61. The summed E-state index contributed by atoms with van der Waals surface area (Å²) in [6, 6.07) is 14.5. The van der Waals surface area contributed by atoms with Gasteiger partial charge >= 0.3 is 6.09 Å². The van der Waals surface area contributed by atoms with E-state index in [9.17, 15) is 9.90 Å². The van der Waals surface area contributed by atoms with Crippen LogP contribution in [0.25, 0.3) is 0 Å². The van der Waals surface area contributed by atoms with Crippen molar-refractivity contribution in [3.63, 3.8) is 0 Å². The second kappa shape index (κ2) is 8.86. The minimum Gasteiger partial charge on any atom is -0.507 e. The van der Waals surface area contributed by atoms with E-state index in [1.807, 2.05) is 30.3 Å². The maximum atomic E-state index is 11.5. The van der Waals surface area contributed by atoms with Crippen LogP contribution < -0.4 is 5.32 Å². The Morgan fingerprint density at radius 2 is 2.00 bits per heavy atom. The minimum atomic E-state index is -0.471. The summed E-state index contributed by atoms with van der Waals surface area (Å²) in [7, 11) is 0. The van der Waals surface area contributed by atoms with E-state index in [4.69, 9.17) is 4.74 Å². The molecule has 0 aliphatic heterocycles. The Morgan fingerprint density at radius 1 is 1.22 bits per heavy atom. The molecule has 0 bridgehead atoms. The number of halogens is 1. The molecule has 0 saturated carbocycles. The van der Waals surface area contributed by atoms with Crippen molar-refractivity contribution >= 4 is 22.0 Å². The van der Waals surface area contributed by atoms with Gasteiger partial charge in [0, 0.05) is 17.4 Å². The molecule has 2 aromatic rings. The summed E-state index contributed by atoms with van der Waals surface area (Å²) in [5.41, 5.74) is 1.48. The van der Waals surface area contributed by atoms with Gasteiger partial charge in [0.05, 0.1) is 5.56 Å². The first-order valence-electron chi connectivity index (χ1n) is 7.07. The fourth-order valence-corrected chi connectivity index (χ4v) is 2.13. The summed E-state index contributed by atoms with van der Waals surface area (Å²) in [5, 5.41) is 12.3. The molecular weight excluding hydrogens is 358 g/mol. The Hall–Kier alpha value is -2.45. The molecule has 0 radical (unpaired) electrons. The van der Waals surface area contributed by atoms with E-state index < -0.39 is 6.09 Å². The Bertz CT molecular complexity index is 720. The summed E-state index contributed by atoms with van der Waals surface area (Å²) < 4.78 is 5.93. The largest absolute Gasteiger partial charge is 0.507 e. The molecule has 0 aliphatic carbocycles. The number of hydrogen-bond donors (Lipinski definition) is 2. The van der Waals surface area contributed by atoms with Crippen LogP contribution >= 0.6 is 15.9 Å². The van der Waals surface area contributed by atoms with Gasteiger partial charge < -0.3 is 15.2 Å². The van der Waals surface area contributed by atoms with Gasteiger partial charge in [0.1, 0.15) is 12.4 Å². The third-order valence-corrected chi connectivity index (χ3v) is 3.41. The van der Waals surface area contributed by atoms with Crippen LogP contribution in [0.2, 0.25) is 0 Å². The molecule has 0 atom stereocenters. The van der Waals surface area contributed by atoms with Crippen molar-refractivity contribution in [2.24, 2.45) is 0 Å². The van der Waals surface area contributed by atoms with Crippen LogP contribution in [-0.2, 0) is 11.3 Å². The van der Waals surface area contributed by atoms with Crippen molar-refractivity contribution < 1.29 is 14.6 Å². The van der Waals surface area contributed by atoms with E-state index in [0.717, 1.165) is 10.0 Å². The fourth-order valence-electron chi connectivity index (χ4n) is 1.77. The third-order valence-electron chi connectivity index (χ3n) is 2.91. The zero-order valence-electron chi connectivity index (χ0n) is 12.4. The molecule has 0 heterocycles. The maximum Gasteiger partial charge on any atom is 0.407 e. The number of carbonyl (C=O) groups excluding carboxylic acids is 1. The zero-order valence-corrected chi connectivity index (χ0v) is 14.0. The van der Waals surface area contributed by atoms with Crippen LogP contribution in [0.3, 0.4) is 0 Å². The lowest BCUT2D eigenvalue weighted by atomic mass is 10.2. The molecule has 2 rings (SSSR count). The van der Waals surface area contributed by atoms with Crippen molar-refractivity contribution in [1.82, 2.24) is 5.32 Å². The van der Waals surface area contributed by atoms with Gasteiger partial charge in [-0.05, 0) is 23.8 Å². The van der Waals surface area contributed by atoms with Gasteiger partial charge in [-0.3, -0.25) is 0 Å². The molecule has 0 unspecified atom stereocenters. The molecule has 4 nitrogen and oxygen atoms in total. The van der Waals surface area contributed by atoms with Gasteiger partial charge in [-0.25, -0.2) is 4.79 Å². The molecule has 5 heteroatoms. The number of carbonyl (C=O) groups is 1. The average Bonchev–Trinajstić information content (AvgIpc) is 2.56. The van der Waals surface area contributed by atoms with Crippen LogP contribution in [0.1, 0.15) is 17.5 Å². The van der Waals surface area contributed by atoms with Crippen molar-refractivity contribution in [2.75, 3.05) is 6.54 Å². The van der Waals surface area contributed by atoms with E-state index in [-0.39, 0.29) is 12.4 Å². The molecule has 0 fully saturated rings. The first kappa shape index (κ1) is 16.9. The number of phenolic OH excluding ortho intramolecular Hbond substituents is 1. The summed E-state index contributed by atoms with van der Waals surface area (Å²) in [5.74, 6) is 5.90. The number of benzene rings is 2. The summed E-state index contributed by atoms with van der Waals surface area (Å²) in [6.07, 6.45) is -0.00666. The summed E-state index contributed by atoms with van der Waals surface area (Å²) >= 11 is 3.32. The van der Waals surface area contributed by atoms with Gasteiger partial charge in [-0.2, -0.15) is 0 Å². The quantitative estimate of drug-likeness (QED) is 0.632. The standard InChI is InChI=1S/C18H16BrNO3/c19-16-9-10-17(21)15(12-16)8-4-5-11-20-18(22)23-13-14-6-2-1-3-7-14/h1-3,6-7,9-10,12,21H,5,11,13H2,(H,20,22). The van der Waals surface area contributed by atoms with Gasteiger partial charge in [0.15, 0.2) is 0 Å². The highest BCUT2D eigenvalue weighted by atomic mass is 79.9. The smallest absolute Gasteiger partial charge is 0.407 e. The first-order valence-corrected chi connectivity index (χ1v) is 7.86. The topological polar surface area (TPSA) is 58.6 Å². The number of aromatic hydroxyl groups is 1. The highest BCUT2D eigenvalue weighted by Gasteiger charge is 2.01. The molecular formula is C18H16BrNO3. The Kier molecular flexibility index (Phi) is 6.52. The minimum absolute atomic E-state index is 0.135. The molecule has 0 saturated heterocycles. The monoisotopic (exact) mass is 373 g/mol. The number of alkyl carbamates (subject to hydrolysis) is 1.